The monoisotopic (exact) mass is 197 g/mol. The predicted octanol–water partition coefficient (Wildman–Crippen LogP) is -0.163. The summed E-state index contributed by atoms with van der Waals surface area (Å²) in [6, 6.07) is 4.48. The van der Waals surface area contributed by atoms with Crippen molar-refractivity contribution in [1.82, 2.24) is 0 Å². The maximum Gasteiger partial charge on any atom is 0.323 e. The number of phenols is 1. The van der Waals surface area contributed by atoms with Gasteiger partial charge in [0.15, 0.2) is 0 Å². The third-order valence-corrected chi connectivity index (χ3v) is 1.88. The van der Waals surface area contributed by atoms with Crippen LogP contribution >= 0.6 is 0 Å². The first-order valence-corrected chi connectivity index (χ1v) is 3.98. The van der Waals surface area contributed by atoms with Gasteiger partial charge >= 0.3 is 5.97 Å². The molecule has 5 nitrogen and oxygen atoms in total. The van der Waals surface area contributed by atoms with Crippen LogP contribution in [-0.4, -0.2) is 27.3 Å². The van der Waals surface area contributed by atoms with E-state index in [0.717, 1.165) is 0 Å². The third-order valence-electron chi connectivity index (χ3n) is 1.88. The number of aromatic hydroxyl groups is 1. The van der Waals surface area contributed by atoms with Crippen LogP contribution in [0.5, 0.6) is 5.75 Å². The van der Waals surface area contributed by atoms with E-state index in [-0.39, 0.29) is 11.3 Å². The zero-order valence-electron chi connectivity index (χ0n) is 7.29. The molecular formula is C9H11NO4. The number of carbonyl (C=O) groups is 1. The lowest BCUT2D eigenvalue weighted by Gasteiger charge is -2.15. The fourth-order valence-corrected chi connectivity index (χ4v) is 1.07. The van der Waals surface area contributed by atoms with Crippen LogP contribution in [0.4, 0.5) is 0 Å². The van der Waals surface area contributed by atoms with E-state index in [1.165, 1.54) is 12.1 Å². The summed E-state index contributed by atoms with van der Waals surface area (Å²) in [6.07, 6.45) is -1.41. The minimum absolute atomic E-state index is 0.113. The largest absolute Gasteiger partial charge is 0.508 e. The first-order chi connectivity index (χ1) is 6.54. The maximum absolute atomic E-state index is 10.5. The smallest absolute Gasteiger partial charge is 0.323 e. The van der Waals surface area contributed by atoms with Gasteiger partial charge in [0, 0.05) is 5.56 Å². The van der Waals surface area contributed by atoms with Gasteiger partial charge in [0.25, 0.3) is 0 Å². The summed E-state index contributed by atoms with van der Waals surface area (Å²) in [5.74, 6) is -1.49. The van der Waals surface area contributed by atoms with Crippen molar-refractivity contribution in [1.29, 1.82) is 0 Å². The van der Waals surface area contributed by atoms with Crippen molar-refractivity contribution < 1.29 is 20.1 Å². The highest BCUT2D eigenvalue weighted by molar-refractivity contribution is 5.74. The molecule has 14 heavy (non-hydrogen) atoms. The van der Waals surface area contributed by atoms with Gasteiger partial charge in [0.2, 0.25) is 0 Å². The van der Waals surface area contributed by atoms with Crippen LogP contribution < -0.4 is 5.73 Å². The molecule has 0 saturated carbocycles. The van der Waals surface area contributed by atoms with Crippen molar-refractivity contribution in [2.45, 2.75) is 12.1 Å². The summed E-state index contributed by atoms with van der Waals surface area (Å²) in [5.41, 5.74) is 5.31. The molecule has 0 radical (unpaired) electrons. The highest BCUT2D eigenvalue weighted by atomic mass is 16.4. The predicted molar refractivity (Wildman–Crippen MR) is 48.7 cm³/mol. The molecule has 0 amide bonds. The van der Waals surface area contributed by atoms with Gasteiger partial charge in [-0.2, -0.15) is 0 Å². The van der Waals surface area contributed by atoms with Crippen molar-refractivity contribution in [3.63, 3.8) is 0 Å². The molecule has 0 saturated heterocycles. The molecule has 0 bridgehead atoms. The molecule has 2 unspecified atom stereocenters. The lowest BCUT2D eigenvalue weighted by Crippen LogP contribution is -2.36. The summed E-state index contributed by atoms with van der Waals surface area (Å²) in [4.78, 5) is 10.5. The molecule has 1 aromatic rings. The quantitative estimate of drug-likeness (QED) is 0.539. The molecule has 0 spiro atoms. The second kappa shape index (κ2) is 4.08. The number of para-hydroxylation sites is 1. The fraction of sp³-hybridized carbons (Fsp3) is 0.222. The van der Waals surface area contributed by atoms with Gasteiger partial charge < -0.3 is 21.1 Å². The second-order valence-corrected chi connectivity index (χ2v) is 2.87. The molecule has 0 aliphatic heterocycles. The fourth-order valence-electron chi connectivity index (χ4n) is 1.07. The van der Waals surface area contributed by atoms with E-state index in [1.54, 1.807) is 12.1 Å². The van der Waals surface area contributed by atoms with Crippen LogP contribution in [0, 0.1) is 0 Å². The van der Waals surface area contributed by atoms with Crippen molar-refractivity contribution in [3.8, 4) is 5.75 Å². The number of benzene rings is 1. The number of carboxylic acid groups (broad SMARTS) is 1. The van der Waals surface area contributed by atoms with Gasteiger partial charge in [-0.3, -0.25) is 4.79 Å². The molecule has 76 valence electrons. The van der Waals surface area contributed by atoms with E-state index in [1.807, 2.05) is 0 Å². The molecule has 0 heterocycles. The van der Waals surface area contributed by atoms with Gasteiger partial charge in [-0.25, -0.2) is 0 Å². The lowest BCUT2D eigenvalue weighted by atomic mass is 10.0. The van der Waals surface area contributed by atoms with Gasteiger partial charge in [0.1, 0.15) is 17.9 Å². The average Bonchev–Trinajstić information content (AvgIpc) is 2.16. The van der Waals surface area contributed by atoms with Crippen LogP contribution in [0.2, 0.25) is 0 Å². The number of aliphatic hydroxyl groups is 1. The summed E-state index contributed by atoms with van der Waals surface area (Å²) in [6.45, 7) is 0. The van der Waals surface area contributed by atoms with E-state index in [9.17, 15) is 15.0 Å². The number of hydrogen-bond acceptors (Lipinski definition) is 4. The number of phenolic OH excluding ortho intramolecular Hbond substituents is 1. The number of carboxylic acids is 1. The molecule has 0 aliphatic rings. The molecule has 0 fully saturated rings. The second-order valence-electron chi connectivity index (χ2n) is 2.87. The Kier molecular flexibility index (Phi) is 3.06. The molecule has 0 aromatic heterocycles. The van der Waals surface area contributed by atoms with Gasteiger partial charge in [-0.15, -0.1) is 0 Å². The minimum Gasteiger partial charge on any atom is -0.508 e. The first kappa shape index (κ1) is 10.5. The minimum atomic E-state index is -1.44. The molecule has 1 rings (SSSR count). The first-order valence-electron chi connectivity index (χ1n) is 3.98. The Labute approximate surface area is 80.4 Å². The van der Waals surface area contributed by atoms with Crippen LogP contribution in [0.15, 0.2) is 24.3 Å². The van der Waals surface area contributed by atoms with E-state index in [4.69, 9.17) is 10.8 Å². The lowest BCUT2D eigenvalue weighted by molar-refractivity contribution is -0.141. The Bertz CT molecular complexity index is 339. The van der Waals surface area contributed by atoms with Crippen molar-refractivity contribution >= 4 is 5.97 Å². The number of aliphatic carboxylic acids is 1. The molecule has 0 aliphatic carbocycles. The van der Waals surface area contributed by atoms with E-state index < -0.39 is 18.1 Å². The van der Waals surface area contributed by atoms with Gasteiger partial charge in [-0.05, 0) is 6.07 Å². The number of hydrogen-bond donors (Lipinski definition) is 4. The zero-order chi connectivity index (χ0) is 10.7. The Hall–Kier alpha value is -1.59. The normalized spacial score (nSPS) is 14.7. The van der Waals surface area contributed by atoms with Crippen molar-refractivity contribution in [3.05, 3.63) is 29.8 Å². The number of nitrogens with two attached hydrogens (primary N) is 1. The zero-order valence-corrected chi connectivity index (χ0v) is 7.29. The van der Waals surface area contributed by atoms with E-state index >= 15 is 0 Å². The summed E-state index contributed by atoms with van der Waals surface area (Å²) >= 11 is 0. The maximum atomic E-state index is 10.5. The van der Waals surface area contributed by atoms with E-state index in [2.05, 4.69) is 0 Å². The van der Waals surface area contributed by atoms with Crippen molar-refractivity contribution in [2.24, 2.45) is 5.73 Å². The summed E-state index contributed by atoms with van der Waals surface area (Å²) in [7, 11) is 0. The van der Waals surface area contributed by atoms with Crippen LogP contribution in [0.1, 0.15) is 11.7 Å². The SMILES string of the molecule is NC(C(=O)O)C(O)c1ccccc1O. The number of rotatable bonds is 3. The summed E-state index contributed by atoms with van der Waals surface area (Å²) < 4.78 is 0. The van der Waals surface area contributed by atoms with Crippen LogP contribution in [0.25, 0.3) is 0 Å². The Balaban J connectivity index is 2.94. The van der Waals surface area contributed by atoms with Crippen LogP contribution in [-0.2, 0) is 4.79 Å². The Morgan fingerprint density at radius 1 is 1.36 bits per heavy atom. The molecule has 1 aromatic carbocycles. The Morgan fingerprint density at radius 2 is 1.93 bits per heavy atom. The standard InChI is InChI=1S/C9H11NO4/c10-7(9(13)14)8(12)5-3-1-2-4-6(5)11/h1-4,7-8,11-12H,10H2,(H,13,14). The molecule has 5 heteroatoms. The molecule has 2 atom stereocenters. The molecular weight excluding hydrogens is 186 g/mol. The Morgan fingerprint density at radius 3 is 2.43 bits per heavy atom. The highest BCUT2D eigenvalue weighted by Gasteiger charge is 2.25. The molecule has 5 N–H and O–H groups in total. The highest BCUT2D eigenvalue weighted by Crippen LogP contribution is 2.25. The van der Waals surface area contributed by atoms with Gasteiger partial charge in [0.05, 0.1) is 0 Å². The van der Waals surface area contributed by atoms with Crippen LogP contribution in [0.3, 0.4) is 0 Å². The third kappa shape index (κ3) is 2.01. The average molecular weight is 197 g/mol. The number of aliphatic hydroxyl groups excluding tert-OH is 1. The topological polar surface area (TPSA) is 104 Å². The van der Waals surface area contributed by atoms with Gasteiger partial charge in [-0.1, -0.05) is 18.2 Å². The van der Waals surface area contributed by atoms with Crippen molar-refractivity contribution in [2.75, 3.05) is 0 Å². The van der Waals surface area contributed by atoms with E-state index in [0.29, 0.717) is 0 Å². The summed E-state index contributed by atoms with van der Waals surface area (Å²) in [5, 5.41) is 27.3.